The molecule has 1 unspecified atom stereocenters. The van der Waals surface area contributed by atoms with Crippen molar-refractivity contribution in [2.75, 3.05) is 12.8 Å². The van der Waals surface area contributed by atoms with E-state index in [1.54, 1.807) is 19.9 Å². The number of nitrogens with one attached hydrogen (secondary N) is 2. The van der Waals surface area contributed by atoms with Crippen LogP contribution in [0.25, 0.3) is 0 Å². The van der Waals surface area contributed by atoms with Crippen molar-refractivity contribution in [3.8, 4) is 11.5 Å². The molecule has 0 bridgehead atoms. The first kappa shape index (κ1) is 16.7. The van der Waals surface area contributed by atoms with E-state index < -0.39 is 15.6 Å². The average molecular weight is 302 g/mol. The molecule has 0 aliphatic rings. The topological polar surface area (TPSA) is 98.7 Å². The highest BCUT2D eigenvalue weighted by molar-refractivity contribution is 7.88. The Hall–Kier alpha value is -1.31. The molecule has 1 aromatic rings. The van der Waals surface area contributed by atoms with Gasteiger partial charge in [0.15, 0.2) is 0 Å². The molecule has 0 aliphatic carbocycles. The zero-order valence-corrected chi connectivity index (χ0v) is 13.0. The molecule has 0 saturated carbocycles. The van der Waals surface area contributed by atoms with Crippen LogP contribution in [0.3, 0.4) is 0 Å². The van der Waals surface area contributed by atoms with E-state index in [2.05, 4.69) is 10.0 Å². The third-order valence-corrected chi connectivity index (χ3v) is 3.72. The molecule has 0 spiro atoms. The van der Waals surface area contributed by atoms with Crippen LogP contribution in [-0.2, 0) is 10.0 Å². The van der Waals surface area contributed by atoms with Gasteiger partial charge in [-0.3, -0.25) is 0 Å². The largest absolute Gasteiger partial charge is 0.508 e. The molecule has 0 saturated heterocycles. The van der Waals surface area contributed by atoms with Crippen LogP contribution in [-0.4, -0.2) is 37.0 Å². The molecule has 0 aromatic heterocycles. The molecular formula is C13H22N2O4S. The summed E-state index contributed by atoms with van der Waals surface area (Å²) in [4.78, 5) is 0. The fourth-order valence-corrected chi connectivity index (χ4v) is 3.03. The van der Waals surface area contributed by atoms with Crippen LogP contribution in [0.15, 0.2) is 18.2 Å². The van der Waals surface area contributed by atoms with E-state index in [0.29, 0.717) is 12.1 Å². The molecule has 1 rings (SSSR count). The highest BCUT2D eigenvalue weighted by Crippen LogP contribution is 2.27. The molecule has 114 valence electrons. The summed E-state index contributed by atoms with van der Waals surface area (Å²) in [5.41, 5.74) is -0.00747. The lowest BCUT2D eigenvalue weighted by molar-refractivity contribution is 0.389. The fraction of sp³-hybridized carbons (Fsp3) is 0.538. The maximum atomic E-state index is 11.2. The SMILES string of the molecule is CC(NCC(C)(C)NS(C)(=O)=O)c1ccc(O)cc1O. The lowest BCUT2D eigenvalue weighted by Crippen LogP contribution is -2.50. The molecule has 6 nitrogen and oxygen atoms in total. The number of phenols is 2. The molecule has 1 atom stereocenters. The van der Waals surface area contributed by atoms with Crippen LogP contribution in [0.4, 0.5) is 0 Å². The summed E-state index contributed by atoms with van der Waals surface area (Å²) in [6.07, 6.45) is 1.12. The molecule has 1 aromatic carbocycles. The lowest BCUT2D eigenvalue weighted by Gasteiger charge is -2.27. The van der Waals surface area contributed by atoms with Gasteiger partial charge in [-0.2, -0.15) is 0 Å². The minimum absolute atomic E-state index is 0.00104. The number of sulfonamides is 1. The second-order valence-corrected chi connectivity index (χ2v) is 7.35. The van der Waals surface area contributed by atoms with Gasteiger partial charge in [-0.1, -0.05) is 6.07 Å². The van der Waals surface area contributed by atoms with E-state index >= 15 is 0 Å². The number of aromatic hydroxyl groups is 2. The third-order valence-electron chi connectivity index (χ3n) is 2.79. The van der Waals surface area contributed by atoms with Gasteiger partial charge in [0.25, 0.3) is 0 Å². The van der Waals surface area contributed by atoms with Crippen molar-refractivity contribution in [2.45, 2.75) is 32.4 Å². The summed E-state index contributed by atoms with van der Waals surface area (Å²) in [7, 11) is -3.28. The first-order valence-electron chi connectivity index (χ1n) is 6.24. The predicted octanol–water partition coefficient (Wildman–Crippen LogP) is 1.08. The normalized spacial score (nSPS) is 14.2. The Bertz CT molecular complexity index is 570. The number of benzene rings is 1. The van der Waals surface area contributed by atoms with Gasteiger partial charge in [0.2, 0.25) is 10.0 Å². The van der Waals surface area contributed by atoms with Gasteiger partial charge in [0, 0.05) is 29.8 Å². The molecule has 20 heavy (non-hydrogen) atoms. The Morgan fingerprint density at radius 1 is 1.30 bits per heavy atom. The third kappa shape index (κ3) is 5.36. The van der Waals surface area contributed by atoms with Crippen molar-refractivity contribution in [3.05, 3.63) is 23.8 Å². The summed E-state index contributed by atoms with van der Waals surface area (Å²) in [6.45, 7) is 5.78. The fourth-order valence-electron chi connectivity index (χ4n) is 1.95. The van der Waals surface area contributed by atoms with Crippen molar-refractivity contribution in [1.82, 2.24) is 10.0 Å². The second-order valence-electron chi connectivity index (χ2n) is 5.60. The average Bonchev–Trinajstić information content (AvgIpc) is 2.22. The van der Waals surface area contributed by atoms with Crippen LogP contribution < -0.4 is 10.0 Å². The van der Waals surface area contributed by atoms with Crippen LogP contribution in [0, 0.1) is 0 Å². The van der Waals surface area contributed by atoms with E-state index in [4.69, 9.17) is 0 Å². The zero-order valence-electron chi connectivity index (χ0n) is 12.1. The Balaban J connectivity index is 2.69. The highest BCUT2D eigenvalue weighted by atomic mass is 32.2. The predicted molar refractivity (Wildman–Crippen MR) is 78.2 cm³/mol. The van der Waals surface area contributed by atoms with E-state index in [9.17, 15) is 18.6 Å². The monoisotopic (exact) mass is 302 g/mol. The summed E-state index contributed by atoms with van der Waals surface area (Å²) in [6, 6.07) is 4.20. The van der Waals surface area contributed by atoms with Gasteiger partial charge in [0.05, 0.1) is 6.26 Å². The Labute approximate surface area is 119 Å². The molecule has 4 N–H and O–H groups in total. The lowest BCUT2D eigenvalue weighted by atomic mass is 10.0. The number of hydrogen-bond donors (Lipinski definition) is 4. The van der Waals surface area contributed by atoms with Crippen molar-refractivity contribution in [2.24, 2.45) is 0 Å². The Morgan fingerprint density at radius 3 is 2.40 bits per heavy atom. The standard InChI is InChI=1S/C13H22N2O4S/c1-9(11-6-5-10(16)7-12(11)17)14-8-13(2,3)15-20(4,18)19/h5-7,9,14-17H,8H2,1-4H3. The number of rotatable bonds is 6. The first-order valence-corrected chi connectivity index (χ1v) is 8.13. The van der Waals surface area contributed by atoms with E-state index in [-0.39, 0.29) is 17.5 Å². The molecule has 0 radical (unpaired) electrons. The van der Waals surface area contributed by atoms with Crippen molar-refractivity contribution >= 4 is 10.0 Å². The van der Waals surface area contributed by atoms with E-state index in [1.165, 1.54) is 12.1 Å². The van der Waals surface area contributed by atoms with Gasteiger partial charge < -0.3 is 15.5 Å². The van der Waals surface area contributed by atoms with Crippen LogP contribution >= 0.6 is 0 Å². The van der Waals surface area contributed by atoms with Gasteiger partial charge >= 0.3 is 0 Å². The first-order chi connectivity index (χ1) is 9.00. The van der Waals surface area contributed by atoms with Gasteiger partial charge in [-0.25, -0.2) is 13.1 Å². The minimum atomic E-state index is -3.28. The second kappa shape index (κ2) is 5.99. The van der Waals surface area contributed by atoms with Gasteiger partial charge in [-0.05, 0) is 26.8 Å². The van der Waals surface area contributed by atoms with E-state index in [1.807, 2.05) is 6.92 Å². The van der Waals surface area contributed by atoms with Gasteiger partial charge in [-0.15, -0.1) is 0 Å². The smallest absolute Gasteiger partial charge is 0.209 e. The van der Waals surface area contributed by atoms with Crippen molar-refractivity contribution < 1.29 is 18.6 Å². The Morgan fingerprint density at radius 2 is 1.90 bits per heavy atom. The molecule has 0 fully saturated rings. The molecule has 7 heteroatoms. The summed E-state index contributed by atoms with van der Waals surface area (Å²) in [5, 5.41) is 22.2. The quantitative estimate of drug-likeness (QED) is 0.630. The maximum absolute atomic E-state index is 11.2. The molecule has 0 heterocycles. The minimum Gasteiger partial charge on any atom is -0.508 e. The van der Waals surface area contributed by atoms with Crippen LogP contribution in [0.2, 0.25) is 0 Å². The summed E-state index contributed by atoms with van der Waals surface area (Å²) in [5.74, 6) is -0.00333. The summed E-state index contributed by atoms with van der Waals surface area (Å²) >= 11 is 0. The van der Waals surface area contributed by atoms with Crippen LogP contribution in [0.5, 0.6) is 11.5 Å². The molecule has 0 aliphatic heterocycles. The number of phenolic OH excluding ortho intramolecular Hbond substituents is 2. The van der Waals surface area contributed by atoms with E-state index in [0.717, 1.165) is 6.26 Å². The molecular weight excluding hydrogens is 280 g/mol. The van der Waals surface area contributed by atoms with Gasteiger partial charge in [0.1, 0.15) is 11.5 Å². The molecule has 0 amide bonds. The maximum Gasteiger partial charge on any atom is 0.209 e. The number of hydrogen-bond acceptors (Lipinski definition) is 5. The summed E-state index contributed by atoms with van der Waals surface area (Å²) < 4.78 is 25.0. The zero-order chi connectivity index (χ0) is 15.6. The highest BCUT2D eigenvalue weighted by Gasteiger charge is 2.23. The van der Waals surface area contributed by atoms with Crippen molar-refractivity contribution in [1.29, 1.82) is 0 Å². The van der Waals surface area contributed by atoms with Crippen molar-refractivity contribution in [3.63, 3.8) is 0 Å². The van der Waals surface area contributed by atoms with Crippen LogP contribution in [0.1, 0.15) is 32.4 Å². The Kier molecular flexibility index (Phi) is 5.01.